The molecule has 1 heterocycles. The van der Waals surface area contributed by atoms with E-state index in [1.54, 1.807) is 6.20 Å². The zero-order chi connectivity index (χ0) is 13.0. The molecular weight excluding hydrogens is 362 g/mol. The lowest BCUT2D eigenvalue weighted by Gasteiger charge is -2.08. The SMILES string of the molecule is NNc1ncc(Br)c(NCc2ccc(Br)cc2)n1. The Kier molecular flexibility index (Phi) is 4.51. The van der Waals surface area contributed by atoms with E-state index in [-0.39, 0.29) is 0 Å². The number of rotatable bonds is 4. The minimum absolute atomic E-state index is 0.372. The van der Waals surface area contributed by atoms with Gasteiger partial charge in [0.1, 0.15) is 5.82 Å². The quantitative estimate of drug-likeness (QED) is 0.568. The van der Waals surface area contributed by atoms with Gasteiger partial charge in [0, 0.05) is 17.2 Å². The van der Waals surface area contributed by atoms with Gasteiger partial charge >= 0.3 is 0 Å². The fraction of sp³-hybridized carbons (Fsp3) is 0.0909. The Morgan fingerprint density at radius 1 is 1.17 bits per heavy atom. The van der Waals surface area contributed by atoms with Gasteiger partial charge in [0.15, 0.2) is 0 Å². The molecule has 2 rings (SSSR count). The number of halogens is 2. The number of aromatic nitrogens is 2. The lowest BCUT2D eigenvalue weighted by atomic mass is 10.2. The molecule has 1 aromatic carbocycles. The maximum Gasteiger partial charge on any atom is 0.239 e. The summed E-state index contributed by atoms with van der Waals surface area (Å²) in [5, 5.41) is 3.21. The summed E-state index contributed by atoms with van der Waals surface area (Å²) in [4.78, 5) is 8.19. The average Bonchev–Trinajstić information content (AvgIpc) is 2.40. The first-order valence-electron chi connectivity index (χ1n) is 5.16. The third-order valence-corrected chi connectivity index (χ3v) is 3.36. The maximum absolute atomic E-state index is 5.27. The van der Waals surface area contributed by atoms with Gasteiger partial charge in [-0.3, -0.25) is 5.43 Å². The number of anilines is 2. The Balaban J connectivity index is 2.07. The lowest BCUT2D eigenvalue weighted by molar-refractivity contribution is 1.06. The van der Waals surface area contributed by atoms with Crippen LogP contribution in [0.5, 0.6) is 0 Å². The van der Waals surface area contributed by atoms with E-state index in [2.05, 4.69) is 52.6 Å². The minimum Gasteiger partial charge on any atom is -0.365 e. The van der Waals surface area contributed by atoms with Gasteiger partial charge in [0.05, 0.1) is 4.47 Å². The molecule has 0 aliphatic carbocycles. The van der Waals surface area contributed by atoms with Crippen LogP contribution in [-0.4, -0.2) is 9.97 Å². The topological polar surface area (TPSA) is 75.9 Å². The molecule has 2 aromatic rings. The molecule has 0 saturated carbocycles. The van der Waals surface area contributed by atoms with E-state index in [0.29, 0.717) is 18.3 Å². The standard InChI is InChI=1S/C11H11Br2N5/c12-8-3-1-7(2-4-8)5-15-10-9(13)6-16-11(17-10)18-14/h1-4,6H,5,14H2,(H2,15,16,17,18). The Morgan fingerprint density at radius 3 is 2.56 bits per heavy atom. The number of nitrogen functional groups attached to an aromatic ring is 1. The van der Waals surface area contributed by atoms with Crippen molar-refractivity contribution in [3.63, 3.8) is 0 Å². The summed E-state index contributed by atoms with van der Waals surface area (Å²) in [5.41, 5.74) is 3.57. The predicted octanol–water partition coefficient (Wildman–Crippen LogP) is 2.90. The van der Waals surface area contributed by atoms with Crippen LogP contribution in [0.15, 0.2) is 39.4 Å². The van der Waals surface area contributed by atoms with Gasteiger partial charge < -0.3 is 5.32 Å². The number of nitrogens with two attached hydrogens (primary N) is 1. The molecule has 94 valence electrons. The number of nitrogens with zero attached hydrogens (tertiary/aromatic N) is 2. The molecule has 5 nitrogen and oxygen atoms in total. The van der Waals surface area contributed by atoms with Gasteiger partial charge in [-0.15, -0.1) is 0 Å². The highest BCUT2D eigenvalue weighted by Gasteiger charge is 2.04. The number of hydrogen-bond acceptors (Lipinski definition) is 5. The minimum atomic E-state index is 0.372. The first-order valence-corrected chi connectivity index (χ1v) is 6.75. The Labute approximate surface area is 121 Å². The van der Waals surface area contributed by atoms with Crippen LogP contribution in [0.2, 0.25) is 0 Å². The summed E-state index contributed by atoms with van der Waals surface area (Å²) >= 11 is 6.78. The van der Waals surface area contributed by atoms with Crippen molar-refractivity contribution in [1.29, 1.82) is 0 Å². The third-order valence-electron chi connectivity index (χ3n) is 2.25. The molecule has 0 saturated heterocycles. The summed E-state index contributed by atoms with van der Waals surface area (Å²) in [6, 6.07) is 8.07. The summed E-state index contributed by atoms with van der Waals surface area (Å²) in [6.45, 7) is 0.674. The van der Waals surface area contributed by atoms with Gasteiger partial charge in [-0.1, -0.05) is 28.1 Å². The van der Waals surface area contributed by atoms with Crippen molar-refractivity contribution < 1.29 is 0 Å². The Bertz CT molecular complexity index is 529. The van der Waals surface area contributed by atoms with Gasteiger partial charge in [-0.25, -0.2) is 10.8 Å². The molecule has 0 radical (unpaired) electrons. The van der Waals surface area contributed by atoms with Crippen LogP contribution in [0, 0.1) is 0 Å². The predicted molar refractivity (Wildman–Crippen MR) is 79.0 cm³/mol. The van der Waals surface area contributed by atoms with E-state index in [1.807, 2.05) is 24.3 Å². The molecular formula is C11H11Br2N5. The Morgan fingerprint density at radius 2 is 1.89 bits per heavy atom. The maximum atomic E-state index is 5.27. The molecule has 4 N–H and O–H groups in total. The molecule has 0 amide bonds. The van der Waals surface area contributed by atoms with E-state index in [0.717, 1.165) is 14.5 Å². The summed E-state index contributed by atoms with van der Waals surface area (Å²) < 4.78 is 1.85. The van der Waals surface area contributed by atoms with Gasteiger partial charge in [0.25, 0.3) is 0 Å². The zero-order valence-electron chi connectivity index (χ0n) is 9.32. The normalized spacial score (nSPS) is 10.2. The van der Waals surface area contributed by atoms with Crippen molar-refractivity contribution >= 4 is 43.6 Å². The fourth-order valence-corrected chi connectivity index (χ4v) is 1.94. The summed E-state index contributed by atoms with van der Waals surface area (Å²) in [5.74, 6) is 6.34. The molecule has 0 unspecified atom stereocenters. The second kappa shape index (κ2) is 6.12. The van der Waals surface area contributed by atoms with E-state index < -0.39 is 0 Å². The number of hydrazine groups is 1. The van der Waals surface area contributed by atoms with E-state index in [4.69, 9.17) is 5.84 Å². The molecule has 1 aromatic heterocycles. The molecule has 0 atom stereocenters. The van der Waals surface area contributed by atoms with Crippen molar-refractivity contribution in [2.75, 3.05) is 10.7 Å². The monoisotopic (exact) mass is 371 g/mol. The zero-order valence-corrected chi connectivity index (χ0v) is 12.5. The summed E-state index contributed by atoms with van der Waals surface area (Å²) in [7, 11) is 0. The lowest BCUT2D eigenvalue weighted by Crippen LogP contribution is -2.12. The van der Waals surface area contributed by atoms with Gasteiger partial charge in [-0.05, 0) is 33.6 Å². The van der Waals surface area contributed by atoms with Gasteiger partial charge in [0.2, 0.25) is 5.95 Å². The first-order chi connectivity index (χ1) is 8.69. The van der Waals surface area contributed by atoms with Crippen molar-refractivity contribution in [2.24, 2.45) is 5.84 Å². The molecule has 0 aliphatic rings. The smallest absolute Gasteiger partial charge is 0.239 e. The number of nitrogens with one attached hydrogen (secondary N) is 2. The Hall–Kier alpha value is -1.18. The van der Waals surface area contributed by atoms with Crippen molar-refractivity contribution in [3.05, 3.63) is 45.0 Å². The largest absolute Gasteiger partial charge is 0.365 e. The third kappa shape index (κ3) is 3.41. The first kappa shape index (κ1) is 13.3. The van der Waals surface area contributed by atoms with Crippen molar-refractivity contribution in [3.8, 4) is 0 Å². The highest BCUT2D eigenvalue weighted by Crippen LogP contribution is 2.20. The second-order valence-corrected chi connectivity index (χ2v) is 5.28. The molecule has 0 spiro atoms. The number of benzene rings is 1. The van der Waals surface area contributed by atoms with Crippen molar-refractivity contribution in [1.82, 2.24) is 9.97 Å². The average molecular weight is 373 g/mol. The molecule has 0 fully saturated rings. The molecule has 7 heteroatoms. The van der Waals surface area contributed by atoms with Crippen LogP contribution >= 0.6 is 31.9 Å². The van der Waals surface area contributed by atoms with E-state index in [1.165, 1.54) is 0 Å². The summed E-state index contributed by atoms with van der Waals surface area (Å²) in [6.07, 6.45) is 1.64. The van der Waals surface area contributed by atoms with Crippen molar-refractivity contribution in [2.45, 2.75) is 6.54 Å². The number of hydrogen-bond donors (Lipinski definition) is 3. The van der Waals surface area contributed by atoms with E-state index >= 15 is 0 Å². The molecule has 18 heavy (non-hydrogen) atoms. The van der Waals surface area contributed by atoms with Crippen LogP contribution < -0.4 is 16.6 Å². The fourth-order valence-electron chi connectivity index (χ4n) is 1.35. The van der Waals surface area contributed by atoms with Crippen LogP contribution in [-0.2, 0) is 6.54 Å². The molecule has 0 bridgehead atoms. The van der Waals surface area contributed by atoms with Gasteiger partial charge in [-0.2, -0.15) is 4.98 Å². The van der Waals surface area contributed by atoms with Crippen LogP contribution in [0.1, 0.15) is 5.56 Å². The molecule has 0 aliphatic heterocycles. The van der Waals surface area contributed by atoms with Crippen LogP contribution in [0.4, 0.5) is 11.8 Å². The van der Waals surface area contributed by atoms with E-state index in [9.17, 15) is 0 Å². The second-order valence-electron chi connectivity index (χ2n) is 3.51. The highest BCUT2D eigenvalue weighted by molar-refractivity contribution is 9.10. The van der Waals surface area contributed by atoms with Crippen LogP contribution in [0.3, 0.4) is 0 Å². The van der Waals surface area contributed by atoms with Crippen LogP contribution in [0.25, 0.3) is 0 Å². The highest BCUT2D eigenvalue weighted by atomic mass is 79.9.